The maximum absolute atomic E-state index is 12.4. The Balaban J connectivity index is 1.56. The molecular formula is C19H24N2O5. The van der Waals surface area contributed by atoms with E-state index >= 15 is 0 Å². The van der Waals surface area contributed by atoms with Crippen molar-refractivity contribution in [3.8, 4) is 0 Å². The van der Waals surface area contributed by atoms with Crippen molar-refractivity contribution in [3.63, 3.8) is 0 Å². The second kappa shape index (κ2) is 7.97. The minimum atomic E-state index is -0.863. The number of carbonyl (C=O) groups is 3. The van der Waals surface area contributed by atoms with E-state index in [-0.39, 0.29) is 30.2 Å². The van der Waals surface area contributed by atoms with Gasteiger partial charge in [-0.15, -0.1) is 0 Å². The number of esters is 1. The number of ether oxygens (including phenoxy) is 1. The maximum Gasteiger partial charge on any atom is 0.310 e. The molecule has 1 N–H and O–H groups in total. The first-order valence-corrected chi connectivity index (χ1v) is 9.03. The third-order valence-electron chi connectivity index (χ3n) is 4.87. The molecule has 140 valence electrons. The van der Waals surface area contributed by atoms with Crippen molar-refractivity contribution in [2.75, 3.05) is 32.8 Å². The van der Waals surface area contributed by atoms with Crippen molar-refractivity contribution in [1.29, 1.82) is 0 Å². The van der Waals surface area contributed by atoms with Gasteiger partial charge in [-0.05, 0) is 38.4 Å². The van der Waals surface area contributed by atoms with Crippen LogP contribution in [0.5, 0.6) is 0 Å². The zero-order valence-electron chi connectivity index (χ0n) is 14.9. The number of aliphatic hydroxyl groups excluding tert-OH is 1. The van der Waals surface area contributed by atoms with Gasteiger partial charge in [0, 0.05) is 13.1 Å². The summed E-state index contributed by atoms with van der Waals surface area (Å²) >= 11 is 0. The van der Waals surface area contributed by atoms with Crippen LogP contribution in [-0.4, -0.2) is 71.6 Å². The number of carbonyl (C=O) groups excluding carboxylic acids is 3. The SMILES string of the molecule is CCOC(=O)[C@H]1CCCN(C[C@H](O)CN2C(=O)c3ccccc3C2=O)C1. The van der Waals surface area contributed by atoms with Gasteiger partial charge in [0.05, 0.1) is 36.3 Å². The van der Waals surface area contributed by atoms with E-state index in [4.69, 9.17) is 4.74 Å². The second-order valence-electron chi connectivity index (χ2n) is 6.77. The van der Waals surface area contributed by atoms with E-state index in [1.54, 1.807) is 31.2 Å². The molecule has 26 heavy (non-hydrogen) atoms. The number of nitrogens with zero attached hydrogens (tertiary/aromatic N) is 2. The molecule has 7 heteroatoms. The Kier molecular flexibility index (Phi) is 5.68. The second-order valence-corrected chi connectivity index (χ2v) is 6.77. The molecule has 0 aromatic heterocycles. The van der Waals surface area contributed by atoms with E-state index in [0.717, 1.165) is 24.3 Å². The number of imide groups is 1. The predicted octanol–water partition coefficient (Wildman–Crippen LogP) is 0.919. The number of hydrogen-bond donors (Lipinski definition) is 1. The van der Waals surface area contributed by atoms with Gasteiger partial charge in [-0.3, -0.25) is 24.2 Å². The van der Waals surface area contributed by atoms with Crippen molar-refractivity contribution in [1.82, 2.24) is 9.80 Å². The van der Waals surface area contributed by atoms with Crippen molar-refractivity contribution < 1.29 is 24.2 Å². The molecule has 1 fully saturated rings. The van der Waals surface area contributed by atoms with Gasteiger partial charge < -0.3 is 9.84 Å². The number of fused-ring (bicyclic) bond motifs is 1. The zero-order valence-corrected chi connectivity index (χ0v) is 14.9. The van der Waals surface area contributed by atoms with Gasteiger partial charge in [0.25, 0.3) is 11.8 Å². The Morgan fingerprint density at radius 1 is 1.23 bits per heavy atom. The summed E-state index contributed by atoms with van der Waals surface area (Å²) < 4.78 is 5.08. The Morgan fingerprint density at radius 3 is 2.50 bits per heavy atom. The minimum absolute atomic E-state index is 0.0487. The first-order chi connectivity index (χ1) is 12.5. The van der Waals surface area contributed by atoms with Gasteiger partial charge in [-0.25, -0.2) is 0 Å². The molecule has 2 amide bonds. The molecule has 2 aliphatic heterocycles. The molecule has 0 saturated carbocycles. The molecule has 0 aliphatic carbocycles. The standard InChI is InChI=1S/C19H24N2O5/c1-2-26-19(25)13-6-5-9-20(10-13)11-14(22)12-21-17(23)15-7-3-4-8-16(15)18(21)24/h3-4,7-8,13-14,22H,2,5-6,9-12H2,1H3/t13-,14-/m0/s1. The highest BCUT2D eigenvalue weighted by molar-refractivity contribution is 6.21. The van der Waals surface area contributed by atoms with Crippen LogP contribution in [0.25, 0.3) is 0 Å². The Hall–Kier alpha value is -2.25. The van der Waals surface area contributed by atoms with Crippen LogP contribution >= 0.6 is 0 Å². The molecule has 2 aliphatic rings. The number of benzene rings is 1. The summed E-state index contributed by atoms with van der Waals surface area (Å²) in [5.74, 6) is -1.12. The molecule has 3 rings (SSSR count). The highest BCUT2D eigenvalue weighted by Gasteiger charge is 2.36. The zero-order chi connectivity index (χ0) is 18.7. The smallest absolute Gasteiger partial charge is 0.310 e. The topological polar surface area (TPSA) is 87.2 Å². The third-order valence-corrected chi connectivity index (χ3v) is 4.87. The monoisotopic (exact) mass is 360 g/mol. The van der Waals surface area contributed by atoms with Crippen LogP contribution in [0, 0.1) is 5.92 Å². The van der Waals surface area contributed by atoms with Crippen LogP contribution in [0.1, 0.15) is 40.5 Å². The van der Waals surface area contributed by atoms with Gasteiger partial charge in [0.1, 0.15) is 0 Å². The normalized spacial score (nSPS) is 21.6. The number of aliphatic hydroxyl groups is 1. The number of piperidine rings is 1. The average molecular weight is 360 g/mol. The molecule has 0 unspecified atom stereocenters. The molecular weight excluding hydrogens is 336 g/mol. The number of likely N-dealkylation sites (tertiary alicyclic amines) is 1. The molecule has 0 bridgehead atoms. The van der Waals surface area contributed by atoms with Crippen LogP contribution < -0.4 is 0 Å². The number of hydrogen-bond acceptors (Lipinski definition) is 6. The Morgan fingerprint density at radius 2 is 1.88 bits per heavy atom. The lowest BCUT2D eigenvalue weighted by Gasteiger charge is -2.33. The van der Waals surface area contributed by atoms with Crippen molar-refractivity contribution in [2.45, 2.75) is 25.9 Å². The average Bonchev–Trinajstić information content (AvgIpc) is 2.87. The summed E-state index contributed by atoms with van der Waals surface area (Å²) in [4.78, 5) is 39.7. The van der Waals surface area contributed by atoms with E-state index in [0.29, 0.717) is 30.8 Å². The predicted molar refractivity (Wildman–Crippen MR) is 93.6 cm³/mol. The molecule has 1 aromatic carbocycles. The summed E-state index contributed by atoms with van der Waals surface area (Å²) in [5.41, 5.74) is 0.759. The first kappa shape index (κ1) is 18.5. The summed E-state index contributed by atoms with van der Waals surface area (Å²) in [7, 11) is 0. The van der Waals surface area contributed by atoms with Gasteiger partial charge in [0.2, 0.25) is 0 Å². The van der Waals surface area contributed by atoms with Crippen molar-refractivity contribution >= 4 is 17.8 Å². The van der Waals surface area contributed by atoms with Gasteiger partial charge >= 0.3 is 5.97 Å². The van der Waals surface area contributed by atoms with E-state index in [1.165, 1.54) is 0 Å². The molecule has 2 atom stereocenters. The van der Waals surface area contributed by atoms with E-state index in [1.807, 2.05) is 4.90 Å². The Bertz CT molecular complexity index is 670. The van der Waals surface area contributed by atoms with Gasteiger partial charge in [-0.1, -0.05) is 12.1 Å². The first-order valence-electron chi connectivity index (χ1n) is 9.03. The van der Waals surface area contributed by atoms with Crippen molar-refractivity contribution in [2.24, 2.45) is 5.92 Å². The lowest BCUT2D eigenvalue weighted by atomic mass is 9.98. The molecule has 0 radical (unpaired) electrons. The summed E-state index contributed by atoms with van der Waals surface area (Å²) in [6.07, 6.45) is 0.769. The fourth-order valence-corrected chi connectivity index (χ4v) is 3.65. The van der Waals surface area contributed by atoms with Crippen LogP contribution in [0.4, 0.5) is 0 Å². The highest BCUT2D eigenvalue weighted by Crippen LogP contribution is 2.23. The molecule has 2 heterocycles. The van der Waals surface area contributed by atoms with Crippen molar-refractivity contribution in [3.05, 3.63) is 35.4 Å². The fourth-order valence-electron chi connectivity index (χ4n) is 3.65. The van der Waals surface area contributed by atoms with Gasteiger partial charge in [-0.2, -0.15) is 0 Å². The lowest BCUT2D eigenvalue weighted by Crippen LogP contribution is -2.46. The third kappa shape index (κ3) is 3.78. The van der Waals surface area contributed by atoms with Crippen LogP contribution in [-0.2, 0) is 9.53 Å². The fraction of sp³-hybridized carbons (Fsp3) is 0.526. The molecule has 0 spiro atoms. The lowest BCUT2D eigenvalue weighted by molar-refractivity contribution is -0.150. The van der Waals surface area contributed by atoms with Crippen LogP contribution in [0.15, 0.2) is 24.3 Å². The highest BCUT2D eigenvalue weighted by atomic mass is 16.5. The number of amides is 2. The van der Waals surface area contributed by atoms with Crippen LogP contribution in [0.2, 0.25) is 0 Å². The molecule has 1 aromatic rings. The number of β-amino-alcohol motifs (C(OH)–C–C–N with tert-alkyl or cyclic N) is 1. The Labute approximate surface area is 152 Å². The maximum atomic E-state index is 12.4. The van der Waals surface area contributed by atoms with E-state index in [2.05, 4.69) is 0 Å². The summed E-state index contributed by atoms with van der Waals surface area (Å²) in [6.45, 7) is 3.70. The summed E-state index contributed by atoms with van der Waals surface area (Å²) in [5, 5.41) is 10.4. The van der Waals surface area contributed by atoms with E-state index in [9.17, 15) is 19.5 Å². The quantitative estimate of drug-likeness (QED) is 0.600. The van der Waals surface area contributed by atoms with Crippen LogP contribution in [0.3, 0.4) is 0 Å². The number of rotatable bonds is 6. The largest absolute Gasteiger partial charge is 0.466 e. The molecule has 7 nitrogen and oxygen atoms in total. The molecule has 1 saturated heterocycles. The summed E-state index contributed by atoms with van der Waals surface area (Å²) in [6, 6.07) is 6.67. The minimum Gasteiger partial charge on any atom is -0.466 e. The van der Waals surface area contributed by atoms with Gasteiger partial charge in [0.15, 0.2) is 0 Å². The van der Waals surface area contributed by atoms with E-state index < -0.39 is 6.10 Å².